The van der Waals surface area contributed by atoms with Gasteiger partial charge in [-0.05, 0) is 30.3 Å². The Bertz CT molecular complexity index is 1000. The van der Waals surface area contributed by atoms with Crippen LogP contribution in [0.5, 0.6) is 17.2 Å². The van der Waals surface area contributed by atoms with Crippen LogP contribution in [-0.4, -0.2) is 72.9 Å². The lowest BCUT2D eigenvalue weighted by Gasteiger charge is -2.27. The van der Waals surface area contributed by atoms with Crippen molar-refractivity contribution in [2.24, 2.45) is 0 Å². The molecule has 0 saturated carbocycles. The second kappa shape index (κ2) is 10.5. The molecule has 3 rings (SSSR count). The fraction of sp³-hybridized carbons (Fsp3) is 0.381. The Morgan fingerprint density at radius 3 is 2.39 bits per heavy atom. The third kappa shape index (κ3) is 5.66. The second-order valence-electron chi connectivity index (χ2n) is 6.66. The molecule has 1 heterocycles. The monoisotopic (exact) mass is 450 g/mol. The Balaban J connectivity index is 1.68. The number of methoxy groups -OCH3 is 2. The molecule has 0 radical (unpaired) electrons. The largest absolute Gasteiger partial charge is 0.496 e. The van der Waals surface area contributed by atoms with E-state index in [4.69, 9.17) is 18.9 Å². The fourth-order valence-corrected chi connectivity index (χ4v) is 4.16. The van der Waals surface area contributed by atoms with Gasteiger partial charge >= 0.3 is 0 Å². The van der Waals surface area contributed by atoms with Crippen LogP contribution in [0.2, 0.25) is 0 Å². The molecule has 31 heavy (non-hydrogen) atoms. The maximum atomic E-state index is 12.9. The number of amides is 1. The maximum absolute atomic E-state index is 12.9. The highest BCUT2D eigenvalue weighted by molar-refractivity contribution is 7.89. The number of hydrogen-bond acceptors (Lipinski definition) is 7. The smallest absolute Gasteiger partial charge is 0.257 e. The molecule has 0 aliphatic carbocycles. The van der Waals surface area contributed by atoms with E-state index in [0.29, 0.717) is 43.6 Å². The molecule has 168 valence electrons. The third-order valence-electron chi connectivity index (χ3n) is 4.73. The third-order valence-corrected chi connectivity index (χ3v) is 6.19. The lowest BCUT2D eigenvalue weighted by molar-refractivity contribution is 0.0300. The summed E-state index contributed by atoms with van der Waals surface area (Å²) in [5.74, 6) is 1.10. The van der Waals surface area contributed by atoms with Crippen molar-refractivity contribution in [3.05, 3.63) is 48.0 Å². The van der Waals surface area contributed by atoms with Crippen molar-refractivity contribution in [2.45, 2.75) is 4.90 Å². The normalized spacial score (nSPS) is 14.2. The summed E-state index contributed by atoms with van der Waals surface area (Å²) < 4.78 is 49.3. The molecule has 2 aromatic rings. The standard InChI is InChI=1S/C21H26N2O7S/c1-27-18-8-7-16(15-17(18)21(24)23-10-13-29-14-11-23)31(25,26)22-9-12-30-20-6-4-3-5-19(20)28-2/h3-8,15,22H,9-14H2,1-2H3. The number of para-hydroxylation sites is 2. The first-order valence-corrected chi connectivity index (χ1v) is 11.2. The molecule has 1 fully saturated rings. The molecule has 1 saturated heterocycles. The van der Waals surface area contributed by atoms with E-state index in [1.54, 1.807) is 23.1 Å². The second-order valence-corrected chi connectivity index (χ2v) is 8.43. The Labute approximate surface area is 181 Å². The van der Waals surface area contributed by atoms with Gasteiger partial charge < -0.3 is 23.8 Å². The average molecular weight is 451 g/mol. The Morgan fingerprint density at radius 1 is 1.03 bits per heavy atom. The fourth-order valence-electron chi connectivity index (χ4n) is 3.12. The van der Waals surface area contributed by atoms with E-state index in [0.717, 1.165) is 0 Å². The van der Waals surface area contributed by atoms with Gasteiger partial charge in [-0.2, -0.15) is 0 Å². The van der Waals surface area contributed by atoms with Crippen LogP contribution in [0.15, 0.2) is 47.4 Å². The van der Waals surface area contributed by atoms with Gasteiger partial charge in [0.1, 0.15) is 12.4 Å². The van der Waals surface area contributed by atoms with Crippen molar-refractivity contribution < 1.29 is 32.2 Å². The van der Waals surface area contributed by atoms with Crippen molar-refractivity contribution in [2.75, 3.05) is 53.7 Å². The van der Waals surface area contributed by atoms with Gasteiger partial charge in [0.15, 0.2) is 11.5 Å². The molecule has 1 N–H and O–H groups in total. The Morgan fingerprint density at radius 2 is 1.71 bits per heavy atom. The van der Waals surface area contributed by atoms with Crippen LogP contribution in [0, 0.1) is 0 Å². The number of sulfonamides is 1. The molecule has 0 bridgehead atoms. The van der Waals surface area contributed by atoms with Crippen LogP contribution in [0.1, 0.15) is 10.4 Å². The van der Waals surface area contributed by atoms with Gasteiger partial charge in [-0.15, -0.1) is 0 Å². The number of morpholine rings is 1. The van der Waals surface area contributed by atoms with Crippen molar-refractivity contribution in [3.63, 3.8) is 0 Å². The zero-order chi connectivity index (χ0) is 22.3. The van der Waals surface area contributed by atoms with E-state index >= 15 is 0 Å². The molecule has 0 spiro atoms. The minimum atomic E-state index is -3.85. The van der Waals surface area contributed by atoms with Gasteiger partial charge in [0.2, 0.25) is 10.0 Å². The maximum Gasteiger partial charge on any atom is 0.257 e. The quantitative estimate of drug-likeness (QED) is 0.578. The SMILES string of the molecule is COc1ccccc1OCCNS(=O)(=O)c1ccc(OC)c(C(=O)N2CCOCC2)c1. The summed E-state index contributed by atoms with van der Waals surface area (Å²) in [5, 5.41) is 0. The molecule has 0 atom stereocenters. The van der Waals surface area contributed by atoms with Crippen molar-refractivity contribution in [3.8, 4) is 17.2 Å². The van der Waals surface area contributed by atoms with Gasteiger partial charge in [0.05, 0.1) is 37.9 Å². The minimum absolute atomic E-state index is 0.0257. The summed E-state index contributed by atoms with van der Waals surface area (Å²) in [6.45, 7) is 1.92. The van der Waals surface area contributed by atoms with Crippen LogP contribution in [0.3, 0.4) is 0 Å². The predicted octanol–water partition coefficient (Wildman–Crippen LogP) is 1.53. The number of hydrogen-bond donors (Lipinski definition) is 1. The van der Waals surface area contributed by atoms with Gasteiger partial charge in [0.25, 0.3) is 5.91 Å². The number of nitrogens with one attached hydrogen (secondary N) is 1. The minimum Gasteiger partial charge on any atom is -0.496 e. The molecule has 1 amide bonds. The summed E-state index contributed by atoms with van der Waals surface area (Å²) in [7, 11) is -0.885. The van der Waals surface area contributed by atoms with E-state index < -0.39 is 10.0 Å². The first-order chi connectivity index (χ1) is 15.0. The van der Waals surface area contributed by atoms with E-state index in [1.807, 2.05) is 6.07 Å². The average Bonchev–Trinajstić information content (AvgIpc) is 2.81. The zero-order valence-corrected chi connectivity index (χ0v) is 18.3. The zero-order valence-electron chi connectivity index (χ0n) is 17.5. The molecule has 10 heteroatoms. The number of benzene rings is 2. The van der Waals surface area contributed by atoms with Gasteiger partial charge in [0, 0.05) is 19.6 Å². The first kappa shape index (κ1) is 22.9. The Hall–Kier alpha value is -2.82. The number of rotatable bonds is 9. The molecule has 9 nitrogen and oxygen atoms in total. The highest BCUT2D eigenvalue weighted by Gasteiger charge is 2.24. The van der Waals surface area contributed by atoms with Gasteiger partial charge in [-0.25, -0.2) is 13.1 Å². The molecule has 0 unspecified atom stereocenters. The summed E-state index contributed by atoms with van der Waals surface area (Å²) in [6.07, 6.45) is 0. The number of ether oxygens (including phenoxy) is 4. The lowest BCUT2D eigenvalue weighted by atomic mass is 10.1. The summed E-state index contributed by atoms with van der Waals surface area (Å²) >= 11 is 0. The predicted molar refractivity (Wildman–Crippen MR) is 113 cm³/mol. The highest BCUT2D eigenvalue weighted by atomic mass is 32.2. The van der Waals surface area contributed by atoms with Crippen molar-refractivity contribution >= 4 is 15.9 Å². The highest BCUT2D eigenvalue weighted by Crippen LogP contribution is 2.26. The number of carbonyl (C=O) groups is 1. The van der Waals surface area contributed by atoms with E-state index in [9.17, 15) is 13.2 Å². The molecule has 1 aliphatic heterocycles. The van der Waals surface area contributed by atoms with E-state index in [2.05, 4.69) is 4.72 Å². The molecule has 1 aliphatic rings. The molecule has 0 aromatic heterocycles. The van der Waals surface area contributed by atoms with Crippen LogP contribution in [-0.2, 0) is 14.8 Å². The summed E-state index contributed by atoms with van der Waals surface area (Å²) in [6, 6.07) is 11.3. The lowest BCUT2D eigenvalue weighted by Crippen LogP contribution is -2.40. The molecule has 2 aromatic carbocycles. The van der Waals surface area contributed by atoms with Gasteiger partial charge in [-0.1, -0.05) is 12.1 Å². The first-order valence-electron chi connectivity index (χ1n) is 9.77. The van der Waals surface area contributed by atoms with Crippen LogP contribution in [0.25, 0.3) is 0 Å². The summed E-state index contributed by atoms with van der Waals surface area (Å²) in [4.78, 5) is 14.5. The number of carbonyl (C=O) groups excluding carboxylic acids is 1. The van der Waals surface area contributed by atoms with Crippen LogP contribution in [0.4, 0.5) is 0 Å². The van der Waals surface area contributed by atoms with E-state index in [-0.39, 0.29) is 29.5 Å². The van der Waals surface area contributed by atoms with Crippen molar-refractivity contribution in [1.82, 2.24) is 9.62 Å². The van der Waals surface area contributed by atoms with Crippen LogP contribution < -0.4 is 18.9 Å². The summed E-state index contributed by atoms with van der Waals surface area (Å²) in [5.41, 5.74) is 0.192. The van der Waals surface area contributed by atoms with Crippen molar-refractivity contribution in [1.29, 1.82) is 0 Å². The van der Waals surface area contributed by atoms with Gasteiger partial charge in [-0.3, -0.25) is 4.79 Å². The van der Waals surface area contributed by atoms with E-state index in [1.165, 1.54) is 32.4 Å². The molecular weight excluding hydrogens is 424 g/mol. The van der Waals surface area contributed by atoms with Crippen LogP contribution >= 0.6 is 0 Å². The molecular formula is C21H26N2O7S. The topological polar surface area (TPSA) is 103 Å². The Kier molecular flexibility index (Phi) is 7.72. The number of nitrogens with zero attached hydrogens (tertiary/aromatic N) is 1.